The van der Waals surface area contributed by atoms with E-state index in [-0.39, 0.29) is 0 Å². The summed E-state index contributed by atoms with van der Waals surface area (Å²) in [6, 6.07) is 5.98. The summed E-state index contributed by atoms with van der Waals surface area (Å²) < 4.78 is 2.21. The Balaban J connectivity index is 1.56. The predicted molar refractivity (Wildman–Crippen MR) is 93.7 cm³/mol. The third-order valence-electron chi connectivity index (χ3n) is 4.06. The van der Waals surface area contributed by atoms with Gasteiger partial charge in [-0.1, -0.05) is 6.07 Å². The first-order chi connectivity index (χ1) is 11.9. The van der Waals surface area contributed by atoms with Crippen LogP contribution in [0.4, 0.5) is 0 Å². The van der Waals surface area contributed by atoms with E-state index in [4.69, 9.17) is 0 Å². The standard InChI is InChI=1S/C17H25N7/c1-2-18-17(20-11-9-14-7-3-5-10-19-14)21-13-16-23-22-15-8-4-6-12-24(15)16/h3,5,7,10H,2,4,6,8-9,11-13H2,1H3,(H2,18,20,21). The normalized spacial score (nSPS) is 14.3. The highest BCUT2D eigenvalue weighted by Crippen LogP contribution is 2.14. The number of pyridine rings is 1. The zero-order chi connectivity index (χ0) is 16.6. The van der Waals surface area contributed by atoms with Gasteiger partial charge in [0.1, 0.15) is 12.4 Å². The Labute approximate surface area is 142 Å². The fourth-order valence-corrected chi connectivity index (χ4v) is 2.83. The smallest absolute Gasteiger partial charge is 0.191 e. The Hall–Kier alpha value is -2.44. The molecule has 0 atom stereocenters. The maximum atomic E-state index is 4.65. The van der Waals surface area contributed by atoms with Crippen LogP contribution in [0.2, 0.25) is 0 Å². The van der Waals surface area contributed by atoms with Crippen LogP contribution in [-0.4, -0.2) is 38.8 Å². The largest absolute Gasteiger partial charge is 0.357 e. The minimum atomic E-state index is 0.548. The fraction of sp³-hybridized carbons (Fsp3) is 0.529. The molecule has 1 aliphatic heterocycles. The van der Waals surface area contributed by atoms with E-state index in [1.807, 2.05) is 24.4 Å². The highest BCUT2D eigenvalue weighted by molar-refractivity contribution is 5.79. The van der Waals surface area contributed by atoms with Crippen molar-refractivity contribution in [3.8, 4) is 0 Å². The molecule has 2 aromatic heterocycles. The first kappa shape index (κ1) is 16.4. The first-order valence-electron chi connectivity index (χ1n) is 8.70. The molecule has 1 aliphatic rings. The number of rotatable bonds is 6. The molecular formula is C17H25N7. The highest BCUT2D eigenvalue weighted by atomic mass is 15.3. The second kappa shape index (κ2) is 8.42. The summed E-state index contributed by atoms with van der Waals surface area (Å²) in [5.41, 5.74) is 1.08. The predicted octanol–water partition coefficient (Wildman–Crippen LogP) is 1.31. The molecule has 0 saturated carbocycles. The molecule has 7 nitrogen and oxygen atoms in total. The van der Waals surface area contributed by atoms with Crippen molar-refractivity contribution in [2.24, 2.45) is 4.99 Å². The van der Waals surface area contributed by atoms with Crippen LogP contribution in [0, 0.1) is 0 Å². The average Bonchev–Trinajstić information content (AvgIpc) is 3.04. The van der Waals surface area contributed by atoms with Crippen molar-refractivity contribution in [2.45, 2.75) is 45.7 Å². The molecule has 0 amide bonds. The molecule has 0 aliphatic carbocycles. The van der Waals surface area contributed by atoms with Gasteiger partial charge in [-0.25, -0.2) is 4.99 Å². The molecule has 0 fully saturated rings. The van der Waals surface area contributed by atoms with Crippen LogP contribution >= 0.6 is 0 Å². The van der Waals surface area contributed by atoms with Gasteiger partial charge in [0.25, 0.3) is 0 Å². The Morgan fingerprint density at radius 1 is 1.25 bits per heavy atom. The minimum absolute atomic E-state index is 0.548. The Morgan fingerprint density at radius 2 is 2.21 bits per heavy atom. The van der Waals surface area contributed by atoms with Crippen LogP contribution in [0.3, 0.4) is 0 Å². The molecule has 2 N–H and O–H groups in total. The Kier molecular flexibility index (Phi) is 5.76. The number of guanidine groups is 1. The molecule has 24 heavy (non-hydrogen) atoms. The zero-order valence-corrected chi connectivity index (χ0v) is 14.2. The fourth-order valence-electron chi connectivity index (χ4n) is 2.83. The number of fused-ring (bicyclic) bond motifs is 1. The van der Waals surface area contributed by atoms with Crippen molar-refractivity contribution in [3.63, 3.8) is 0 Å². The number of aliphatic imine (C=N–C) groups is 1. The van der Waals surface area contributed by atoms with Gasteiger partial charge in [0.05, 0.1) is 0 Å². The van der Waals surface area contributed by atoms with Crippen LogP contribution in [-0.2, 0) is 25.9 Å². The van der Waals surface area contributed by atoms with Gasteiger partial charge in [0.2, 0.25) is 0 Å². The summed E-state index contributed by atoms with van der Waals surface area (Å²) in [4.78, 5) is 8.98. The third kappa shape index (κ3) is 4.31. The second-order valence-corrected chi connectivity index (χ2v) is 5.83. The molecule has 0 saturated heterocycles. The lowest BCUT2D eigenvalue weighted by Crippen LogP contribution is -2.38. The molecule has 0 bridgehead atoms. The van der Waals surface area contributed by atoms with Crippen molar-refractivity contribution in [3.05, 3.63) is 41.7 Å². The van der Waals surface area contributed by atoms with Gasteiger partial charge in [-0.15, -0.1) is 10.2 Å². The van der Waals surface area contributed by atoms with Gasteiger partial charge >= 0.3 is 0 Å². The highest BCUT2D eigenvalue weighted by Gasteiger charge is 2.15. The molecule has 128 valence electrons. The van der Waals surface area contributed by atoms with Crippen LogP contribution in [0.1, 0.15) is 37.1 Å². The lowest BCUT2D eigenvalue weighted by atomic mass is 10.2. The molecule has 7 heteroatoms. The van der Waals surface area contributed by atoms with E-state index < -0.39 is 0 Å². The van der Waals surface area contributed by atoms with Crippen molar-refractivity contribution in [1.82, 2.24) is 30.4 Å². The number of nitrogens with one attached hydrogen (secondary N) is 2. The van der Waals surface area contributed by atoms with Crippen LogP contribution < -0.4 is 10.6 Å². The average molecular weight is 327 g/mol. The van der Waals surface area contributed by atoms with Gasteiger partial charge in [0.15, 0.2) is 11.8 Å². The lowest BCUT2D eigenvalue weighted by molar-refractivity contribution is 0.508. The van der Waals surface area contributed by atoms with Crippen molar-refractivity contribution in [2.75, 3.05) is 13.1 Å². The van der Waals surface area contributed by atoms with E-state index in [1.54, 1.807) is 0 Å². The molecule has 0 radical (unpaired) electrons. The maximum Gasteiger partial charge on any atom is 0.191 e. The number of aryl methyl sites for hydroxylation is 1. The summed E-state index contributed by atoms with van der Waals surface area (Å²) in [6.07, 6.45) is 6.12. The monoisotopic (exact) mass is 327 g/mol. The topological polar surface area (TPSA) is 80.0 Å². The molecule has 2 aromatic rings. The van der Waals surface area contributed by atoms with E-state index in [0.717, 1.165) is 55.8 Å². The summed E-state index contributed by atoms with van der Waals surface area (Å²) >= 11 is 0. The van der Waals surface area contributed by atoms with Crippen LogP contribution in [0.15, 0.2) is 29.4 Å². The van der Waals surface area contributed by atoms with Gasteiger partial charge in [-0.05, 0) is 31.9 Å². The number of hydrogen-bond acceptors (Lipinski definition) is 4. The number of aromatic nitrogens is 4. The van der Waals surface area contributed by atoms with Crippen molar-refractivity contribution >= 4 is 5.96 Å². The molecule has 3 heterocycles. The lowest BCUT2D eigenvalue weighted by Gasteiger charge is -2.14. The molecule has 0 spiro atoms. The quantitative estimate of drug-likeness (QED) is 0.618. The van der Waals surface area contributed by atoms with E-state index in [1.165, 1.54) is 12.8 Å². The maximum absolute atomic E-state index is 4.65. The van der Waals surface area contributed by atoms with Crippen molar-refractivity contribution < 1.29 is 0 Å². The van der Waals surface area contributed by atoms with Gasteiger partial charge in [0, 0.05) is 44.4 Å². The summed E-state index contributed by atoms with van der Waals surface area (Å²) in [5.74, 6) is 2.85. The number of hydrogen-bond donors (Lipinski definition) is 2. The van der Waals surface area contributed by atoms with Gasteiger partial charge in [-0.3, -0.25) is 4.98 Å². The molecule has 3 rings (SSSR count). The number of nitrogens with zero attached hydrogens (tertiary/aromatic N) is 5. The SMILES string of the molecule is CCNC(=NCc1nnc2n1CCCC2)NCCc1ccccn1. The minimum Gasteiger partial charge on any atom is -0.357 e. The van der Waals surface area contributed by atoms with E-state index in [9.17, 15) is 0 Å². The van der Waals surface area contributed by atoms with Crippen molar-refractivity contribution in [1.29, 1.82) is 0 Å². The zero-order valence-electron chi connectivity index (χ0n) is 14.2. The second-order valence-electron chi connectivity index (χ2n) is 5.83. The summed E-state index contributed by atoms with van der Waals surface area (Å²) in [5, 5.41) is 15.2. The van der Waals surface area contributed by atoms with Crippen LogP contribution in [0.5, 0.6) is 0 Å². The third-order valence-corrected chi connectivity index (χ3v) is 4.06. The first-order valence-corrected chi connectivity index (χ1v) is 8.70. The Morgan fingerprint density at radius 3 is 3.04 bits per heavy atom. The molecular weight excluding hydrogens is 302 g/mol. The Bertz CT molecular complexity index is 663. The molecule has 0 aromatic carbocycles. The van der Waals surface area contributed by atoms with Gasteiger partial charge < -0.3 is 15.2 Å². The van der Waals surface area contributed by atoms with Crippen LogP contribution in [0.25, 0.3) is 0 Å². The summed E-state index contributed by atoms with van der Waals surface area (Å²) in [6.45, 7) is 5.24. The summed E-state index contributed by atoms with van der Waals surface area (Å²) in [7, 11) is 0. The van der Waals surface area contributed by atoms with E-state index in [0.29, 0.717) is 6.54 Å². The van der Waals surface area contributed by atoms with Gasteiger partial charge in [-0.2, -0.15) is 0 Å². The van der Waals surface area contributed by atoms with E-state index in [2.05, 4.69) is 42.3 Å². The molecule has 0 unspecified atom stereocenters. The van der Waals surface area contributed by atoms with E-state index >= 15 is 0 Å².